The third kappa shape index (κ3) is 4.42. The van der Waals surface area contributed by atoms with E-state index in [-0.39, 0.29) is 5.91 Å². The molecule has 1 fully saturated rings. The van der Waals surface area contributed by atoms with E-state index in [1.165, 1.54) is 31.5 Å². The van der Waals surface area contributed by atoms with Gasteiger partial charge in [0.05, 0.1) is 13.1 Å². The smallest absolute Gasteiger partial charge is 0.255 e. The van der Waals surface area contributed by atoms with Crippen molar-refractivity contribution < 1.29 is 9.69 Å². The molecule has 3 rings (SSSR count). The second kappa shape index (κ2) is 7.42. The van der Waals surface area contributed by atoms with Crippen molar-refractivity contribution in [3.05, 3.63) is 65.7 Å². The fourth-order valence-corrected chi connectivity index (χ4v) is 3.35. The summed E-state index contributed by atoms with van der Waals surface area (Å²) in [5.41, 5.74) is 2.85. The molecular formula is C20H25N2O+. The van der Waals surface area contributed by atoms with Crippen LogP contribution in [-0.2, 0) is 6.54 Å². The zero-order valence-electron chi connectivity index (χ0n) is 13.7. The fourth-order valence-electron chi connectivity index (χ4n) is 3.35. The first kappa shape index (κ1) is 15.8. The Bertz CT molecular complexity index is 636. The summed E-state index contributed by atoms with van der Waals surface area (Å²) in [5, 5.41) is 2.92. The van der Waals surface area contributed by atoms with Crippen LogP contribution in [0.5, 0.6) is 0 Å². The minimum Gasteiger partial charge on any atom is -0.331 e. The molecule has 1 amide bonds. The topological polar surface area (TPSA) is 33.5 Å². The van der Waals surface area contributed by atoms with Gasteiger partial charge in [-0.3, -0.25) is 4.79 Å². The Morgan fingerprint density at radius 2 is 1.87 bits per heavy atom. The molecule has 0 aliphatic carbocycles. The van der Waals surface area contributed by atoms with E-state index in [2.05, 4.69) is 24.4 Å². The third-order valence-corrected chi connectivity index (χ3v) is 4.57. The molecule has 0 radical (unpaired) electrons. The Hall–Kier alpha value is -2.13. The summed E-state index contributed by atoms with van der Waals surface area (Å²) < 4.78 is 0. The van der Waals surface area contributed by atoms with Gasteiger partial charge in [0.15, 0.2) is 0 Å². The van der Waals surface area contributed by atoms with Gasteiger partial charge >= 0.3 is 0 Å². The van der Waals surface area contributed by atoms with Gasteiger partial charge in [-0.2, -0.15) is 0 Å². The van der Waals surface area contributed by atoms with Crippen LogP contribution < -0.4 is 10.2 Å². The van der Waals surface area contributed by atoms with E-state index >= 15 is 0 Å². The predicted molar refractivity (Wildman–Crippen MR) is 93.6 cm³/mol. The number of benzene rings is 2. The van der Waals surface area contributed by atoms with E-state index in [0.717, 1.165) is 18.2 Å². The fraction of sp³-hybridized carbons (Fsp3) is 0.350. The van der Waals surface area contributed by atoms with E-state index in [0.29, 0.717) is 5.56 Å². The van der Waals surface area contributed by atoms with Crippen LogP contribution in [0.15, 0.2) is 54.6 Å². The van der Waals surface area contributed by atoms with Crippen LogP contribution in [0.4, 0.5) is 5.69 Å². The lowest BCUT2D eigenvalue weighted by molar-refractivity contribution is -0.922. The summed E-state index contributed by atoms with van der Waals surface area (Å²) in [6, 6.07) is 17.6. The molecule has 0 bridgehead atoms. The van der Waals surface area contributed by atoms with Crippen molar-refractivity contribution in [3.8, 4) is 0 Å². The van der Waals surface area contributed by atoms with Gasteiger partial charge in [0.25, 0.3) is 5.91 Å². The van der Waals surface area contributed by atoms with Gasteiger partial charge in [-0.25, -0.2) is 0 Å². The van der Waals surface area contributed by atoms with Gasteiger partial charge in [0.2, 0.25) is 0 Å². The molecule has 2 N–H and O–H groups in total. The van der Waals surface area contributed by atoms with Crippen molar-refractivity contribution in [3.63, 3.8) is 0 Å². The molecule has 2 aromatic carbocycles. The number of anilines is 1. The zero-order valence-corrected chi connectivity index (χ0v) is 13.7. The summed E-state index contributed by atoms with van der Waals surface area (Å²) in [4.78, 5) is 13.9. The Balaban J connectivity index is 1.59. The first-order chi connectivity index (χ1) is 11.2. The second-order valence-electron chi connectivity index (χ2n) is 6.65. The number of hydrogen-bond acceptors (Lipinski definition) is 1. The molecule has 23 heavy (non-hydrogen) atoms. The monoisotopic (exact) mass is 309 g/mol. The Morgan fingerprint density at radius 1 is 1.13 bits per heavy atom. The van der Waals surface area contributed by atoms with Crippen LogP contribution in [0, 0.1) is 5.92 Å². The number of carbonyl (C=O) groups is 1. The van der Waals surface area contributed by atoms with E-state index in [9.17, 15) is 4.79 Å². The number of carbonyl (C=O) groups excluding carboxylic acids is 1. The summed E-state index contributed by atoms with van der Waals surface area (Å²) in [7, 11) is 0. The minimum absolute atomic E-state index is 0.0540. The molecule has 3 heteroatoms. The summed E-state index contributed by atoms with van der Waals surface area (Å²) in [5.74, 6) is 0.774. The maximum Gasteiger partial charge on any atom is 0.255 e. The van der Waals surface area contributed by atoms with Crippen molar-refractivity contribution in [2.24, 2.45) is 5.92 Å². The van der Waals surface area contributed by atoms with Gasteiger partial charge in [-0.1, -0.05) is 37.3 Å². The Morgan fingerprint density at radius 3 is 2.57 bits per heavy atom. The molecule has 120 valence electrons. The van der Waals surface area contributed by atoms with E-state index in [4.69, 9.17) is 0 Å². The molecule has 3 nitrogen and oxygen atoms in total. The largest absolute Gasteiger partial charge is 0.331 e. The highest BCUT2D eigenvalue weighted by Gasteiger charge is 2.19. The lowest BCUT2D eigenvalue weighted by Crippen LogP contribution is -3.12. The van der Waals surface area contributed by atoms with Crippen LogP contribution >= 0.6 is 0 Å². The Labute approximate surface area is 138 Å². The lowest BCUT2D eigenvalue weighted by atomic mass is 9.99. The standard InChI is InChI=1S/C20H24N2O/c1-16-6-5-13-22(14-16)15-17-9-11-18(12-10-17)20(23)21-19-7-3-2-4-8-19/h2-4,7-12,16H,5-6,13-15H2,1H3,(H,21,23)/p+1/t16-/m1/s1. The molecule has 0 saturated carbocycles. The minimum atomic E-state index is -0.0540. The van der Waals surface area contributed by atoms with Crippen LogP contribution in [0.3, 0.4) is 0 Å². The SMILES string of the molecule is C[C@@H]1CCC[NH+](Cc2ccc(C(=O)Nc3ccccc3)cc2)C1. The maximum absolute atomic E-state index is 12.2. The molecule has 0 spiro atoms. The number of quaternary nitrogens is 1. The van der Waals surface area contributed by atoms with Crippen molar-refractivity contribution >= 4 is 11.6 Å². The molecule has 0 aromatic heterocycles. The maximum atomic E-state index is 12.2. The van der Waals surface area contributed by atoms with Crippen LogP contribution in [0.25, 0.3) is 0 Å². The number of amides is 1. The van der Waals surface area contributed by atoms with Crippen molar-refractivity contribution in [2.75, 3.05) is 18.4 Å². The van der Waals surface area contributed by atoms with Crippen LogP contribution in [0.2, 0.25) is 0 Å². The molecule has 1 aliphatic rings. The van der Waals surface area contributed by atoms with Gasteiger partial charge < -0.3 is 10.2 Å². The summed E-state index contributed by atoms with van der Waals surface area (Å²) in [6.07, 6.45) is 2.69. The van der Waals surface area contributed by atoms with Crippen LogP contribution in [-0.4, -0.2) is 19.0 Å². The average Bonchev–Trinajstić information content (AvgIpc) is 2.56. The van der Waals surface area contributed by atoms with Gasteiger partial charge in [0, 0.05) is 22.7 Å². The molecule has 1 saturated heterocycles. The quantitative estimate of drug-likeness (QED) is 0.894. The van der Waals surface area contributed by atoms with Crippen molar-refractivity contribution in [2.45, 2.75) is 26.3 Å². The normalized spacial score (nSPS) is 20.9. The summed E-state index contributed by atoms with van der Waals surface area (Å²) in [6.45, 7) is 5.93. The van der Waals surface area contributed by atoms with Gasteiger partial charge in [-0.15, -0.1) is 0 Å². The molecule has 1 aliphatic heterocycles. The van der Waals surface area contributed by atoms with Gasteiger partial charge in [0.1, 0.15) is 6.54 Å². The highest BCUT2D eigenvalue weighted by molar-refractivity contribution is 6.04. The van der Waals surface area contributed by atoms with E-state index < -0.39 is 0 Å². The highest BCUT2D eigenvalue weighted by atomic mass is 16.1. The van der Waals surface area contributed by atoms with Gasteiger partial charge in [-0.05, 0) is 37.1 Å². The molecule has 1 unspecified atom stereocenters. The molecular weight excluding hydrogens is 284 g/mol. The number of likely N-dealkylation sites (tertiary alicyclic amines) is 1. The first-order valence-corrected chi connectivity index (χ1v) is 8.49. The van der Waals surface area contributed by atoms with Crippen LogP contribution in [0.1, 0.15) is 35.7 Å². The number of nitrogens with one attached hydrogen (secondary N) is 2. The number of rotatable bonds is 4. The molecule has 2 atom stereocenters. The van der Waals surface area contributed by atoms with Crippen molar-refractivity contribution in [1.29, 1.82) is 0 Å². The summed E-state index contributed by atoms with van der Waals surface area (Å²) >= 11 is 0. The third-order valence-electron chi connectivity index (χ3n) is 4.57. The van der Waals surface area contributed by atoms with E-state index in [1.54, 1.807) is 4.90 Å². The average molecular weight is 309 g/mol. The van der Waals surface area contributed by atoms with E-state index in [1.807, 2.05) is 42.5 Å². The molecule has 1 heterocycles. The Kier molecular flexibility index (Phi) is 5.09. The predicted octanol–water partition coefficient (Wildman–Crippen LogP) is 2.75. The molecule has 2 aromatic rings. The lowest BCUT2D eigenvalue weighted by Gasteiger charge is -2.27. The number of para-hydroxylation sites is 1. The number of piperidine rings is 1. The van der Waals surface area contributed by atoms with Crippen molar-refractivity contribution in [1.82, 2.24) is 0 Å². The zero-order chi connectivity index (χ0) is 16.1. The highest BCUT2D eigenvalue weighted by Crippen LogP contribution is 2.10. The first-order valence-electron chi connectivity index (χ1n) is 8.49. The number of hydrogen-bond donors (Lipinski definition) is 2. The second-order valence-corrected chi connectivity index (χ2v) is 6.65.